The van der Waals surface area contributed by atoms with Crippen molar-refractivity contribution >= 4 is 28.9 Å². The highest BCUT2D eigenvalue weighted by atomic mass is 35.5. The third kappa shape index (κ3) is 4.72. The van der Waals surface area contributed by atoms with E-state index in [1.165, 1.54) is 0 Å². The van der Waals surface area contributed by atoms with Crippen LogP contribution in [0.4, 0.5) is 0 Å². The summed E-state index contributed by atoms with van der Waals surface area (Å²) in [7, 11) is 0. The zero-order valence-corrected chi connectivity index (χ0v) is 13.2. The Morgan fingerprint density at radius 2 is 2.14 bits per heavy atom. The lowest BCUT2D eigenvalue weighted by atomic mass is 10.2. The summed E-state index contributed by atoms with van der Waals surface area (Å²) in [6.07, 6.45) is 1.35. The molecule has 2 aromatic rings. The molecular weight excluding hydrogens is 310 g/mol. The van der Waals surface area contributed by atoms with Crippen LogP contribution >= 0.6 is 22.9 Å². The Kier molecular flexibility index (Phi) is 5.59. The molecule has 0 amide bonds. The van der Waals surface area contributed by atoms with Gasteiger partial charge in [0.05, 0.1) is 28.8 Å². The van der Waals surface area contributed by atoms with E-state index in [1.54, 1.807) is 17.4 Å². The summed E-state index contributed by atoms with van der Waals surface area (Å²) in [4.78, 5) is 16.1. The first kappa shape index (κ1) is 15.8. The van der Waals surface area contributed by atoms with Crippen LogP contribution in [0.25, 0.3) is 0 Å². The lowest BCUT2D eigenvalue weighted by molar-refractivity contribution is -0.136. The molecule has 6 heteroatoms. The lowest BCUT2D eigenvalue weighted by Crippen LogP contribution is -2.01. The average Bonchev–Trinajstić information content (AvgIpc) is 2.79. The third-order valence-corrected chi connectivity index (χ3v) is 4.50. The van der Waals surface area contributed by atoms with Gasteiger partial charge in [0.2, 0.25) is 0 Å². The number of carbonyl (C=O) groups is 1. The number of nitrogens with zero attached hydrogens (tertiary/aromatic N) is 1. The highest BCUT2D eigenvalue weighted by molar-refractivity contribution is 7.11. The van der Waals surface area contributed by atoms with E-state index >= 15 is 0 Å². The number of carboxylic acids is 1. The molecule has 0 radical (unpaired) electrons. The van der Waals surface area contributed by atoms with Gasteiger partial charge in [-0.25, -0.2) is 4.98 Å². The SMILES string of the molecule is Cc1nc(CCOc2ccccc2Cl)sc1CCC(=O)O. The van der Waals surface area contributed by atoms with E-state index in [9.17, 15) is 4.79 Å². The van der Waals surface area contributed by atoms with Gasteiger partial charge >= 0.3 is 5.97 Å². The monoisotopic (exact) mass is 325 g/mol. The van der Waals surface area contributed by atoms with Crippen LogP contribution in [0.5, 0.6) is 5.75 Å². The van der Waals surface area contributed by atoms with Gasteiger partial charge in [0.25, 0.3) is 0 Å². The molecule has 1 N–H and O–H groups in total. The van der Waals surface area contributed by atoms with Crippen molar-refractivity contribution in [1.82, 2.24) is 4.98 Å². The molecule has 21 heavy (non-hydrogen) atoms. The van der Waals surface area contributed by atoms with Crippen LogP contribution in [0, 0.1) is 6.92 Å². The Morgan fingerprint density at radius 1 is 1.38 bits per heavy atom. The van der Waals surface area contributed by atoms with Crippen molar-refractivity contribution in [3.63, 3.8) is 0 Å². The number of hydrogen-bond acceptors (Lipinski definition) is 4. The molecule has 0 aliphatic rings. The van der Waals surface area contributed by atoms with Gasteiger partial charge in [-0.3, -0.25) is 4.79 Å². The molecule has 0 fully saturated rings. The number of para-hydroxylation sites is 1. The predicted octanol–water partition coefficient (Wildman–Crippen LogP) is 3.74. The van der Waals surface area contributed by atoms with E-state index in [-0.39, 0.29) is 6.42 Å². The molecule has 0 spiro atoms. The zero-order valence-electron chi connectivity index (χ0n) is 11.6. The Bertz CT molecular complexity index is 627. The predicted molar refractivity (Wildman–Crippen MR) is 83.5 cm³/mol. The van der Waals surface area contributed by atoms with Crippen LogP contribution < -0.4 is 4.74 Å². The molecule has 0 saturated carbocycles. The maximum atomic E-state index is 10.6. The van der Waals surface area contributed by atoms with Crippen molar-refractivity contribution in [3.05, 3.63) is 44.9 Å². The van der Waals surface area contributed by atoms with E-state index in [0.717, 1.165) is 15.6 Å². The number of carboxylic acid groups (broad SMARTS) is 1. The minimum absolute atomic E-state index is 0.137. The summed E-state index contributed by atoms with van der Waals surface area (Å²) in [6.45, 7) is 2.40. The van der Waals surface area contributed by atoms with Gasteiger partial charge in [0, 0.05) is 11.3 Å². The van der Waals surface area contributed by atoms with E-state index < -0.39 is 5.97 Å². The quantitative estimate of drug-likeness (QED) is 0.842. The number of rotatable bonds is 7. The molecule has 0 bridgehead atoms. The first-order valence-electron chi connectivity index (χ1n) is 6.60. The van der Waals surface area contributed by atoms with E-state index in [2.05, 4.69) is 4.98 Å². The maximum absolute atomic E-state index is 10.6. The van der Waals surface area contributed by atoms with Crippen molar-refractivity contribution in [2.75, 3.05) is 6.61 Å². The zero-order chi connectivity index (χ0) is 15.2. The van der Waals surface area contributed by atoms with Crippen LogP contribution in [-0.2, 0) is 17.6 Å². The average molecular weight is 326 g/mol. The molecule has 4 nitrogen and oxygen atoms in total. The normalized spacial score (nSPS) is 10.6. The largest absolute Gasteiger partial charge is 0.492 e. The topological polar surface area (TPSA) is 59.4 Å². The number of thiazole rings is 1. The second kappa shape index (κ2) is 7.43. The fraction of sp³-hybridized carbons (Fsp3) is 0.333. The van der Waals surface area contributed by atoms with Gasteiger partial charge in [-0.2, -0.15) is 0 Å². The molecule has 1 aromatic heterocycles. The number of benzene rings is 1. The molecule has 0 aliphatic carbocycles. The smallest absolute Gasteiger partial charge is 0.303 e. The first-order valence-corrected chi connectivity index (χ1v) is 7.80. The van der Waals surface area contributed by atoms with E-state index in [0.29, 0.717) is 30.2 Å². The Hall–Kier alpha value is -1.59. The molecule has 112 valence electrons. The van der Waals surface area contributed by atoms with Crippen LogP contribution in [0.1, 0.15) is 22.0 Å². The van der Waals surface area contributed by atoms with E-state index in [4.69, 9.17) is 21.4 Å². The molecule has 2 rings (SSSR count). The van der Waals surface area contributed by atoms with Crippen LogP contribution in [0.2, 0.25) is 5.02 Å². The highest BCUT2D eigenvalue weighted by Gasteiger charge is 2.09. The minimum atomic E-state index is -0.786. The number of aliphatic carboxylic acids is 1. The van der Waals surface area contributed by atoms with Crippen molar-refractivity contribution in [3.8, 4) is 5.75 Å². The van der Waals surface area contributed by atoms with Crippen LogP contribution in [0.15, 0.2) is 24.3 Å². The van der Waals surface area contributed by atoms with Gasteiger partial charge in [-0.15, -0.1) is 11.3 Å². The second-order valence-electron chi connectivity index (χ2n) is 4.54. The fourth-order valence-electron chi connectivity index (χ4n) is 1.86. The molecule has 0 atom stereocenters. The number of ether oxygens (including phenoxy) is 1. The summed E-state index contributed by atoms with van der Waals surface area (Å²) < 4.78 is 5.63. The Balaban J connectivity index is 1.87. The molecule has 0 aliphatic heterocycles. The summed E-state index contributed by atoms with van der Waals surface area (Å²) in [5, 5.41) is 10.3. The van der Waals surface area contributed by atoms with Gasteiger partial charge in [0.1, 0.15) is 5.75 Å². The lowest BCUT2D eigenvalue weighted by Gasteiger charge is -2.06. The van der Waals surface area contributed by atoms with Crippen LogP contribution in [0.3, 0.4) is 0 Å². The summed E-state index contributed by atoms with van der Waals surface area (Å²) in [5.74, 6) is -0.120. The Morgan fingerprint density at radius 3 is 2.86 bits per heavy atom. The van der Waals surface area contributed by atoms with Crippen molar-refractivity contribution in [1.29, 1.82) is 0 Å². The molecule has 1 heterocycles. The van der Waals surface area contributed by atoms with Gasteiger partial charge in [0.15, 0.2) is 0 Å². The van der Waals surface area contributed by atoms with Crippen molar-refractivity contribution in [2.24, 2.45) is 0 Å². The highest BCUT2D eigenvalue weighted by Crippen LogP contribution is 2.24. The minimum Gasteiger partial charge on any atom is -0.492 e. The summed E-state index contributed by atoms with van der Waals surface area (Å²) >= 11 is 7.57. The Labute approximate surface area is 132 Å². The fourth-order valence-corrected chi connectivity index (χ4v) is 3.10. The van der Waals surface area contributed by atoms with Gasteiger partial charge < -0.3 is 9.84 Å². The number of halogens is 1. The number of aromatic nitrogens is 1. The maximum Gasteiger partial charge on any atom is 0.303 e. The third-order valence-electron chi connectivity index (χ3n) is 2.91. The molecule has 0 unspecified atom stereocenters. The summed E-state index contributed by atoms with van der Waals surface area (Å²) in [5.41, 5.74) is 0.911. The summed E-state index contributed by atoms with van der Waals surface area (Å²) in [6, 6.07) is 7.34. The first-order chi connectivity index (χ1) is 10.1. The van der Waals surface area contributed by atoms with E-state index in [1.807, 2.05) is 25.1 Å². The van der Waals surface area contributed by atoms with Gasteiger partial charge in [-0.05, 0) is 25.5 Å². The second-order valence-corrected chi connectivity index (χ2v) is 6.11. The van der Waals surface area contributed by atoms with Crippen molar-refractivity contribution < 1.29 is 14.6 Å². The molecule has 1 aromatic carbocycles. The molecule has 0 saturated heterocycles. The van der Waals surface area contributed by atoms with Gasteiger partial charge in [-0.1, -0.05) is 23.7 Å². The number of aryl methyl sites for hydroxylation is 2. The molecular formula is C15H16ClNO3S. The van der Waals surface area contributed by atoms with Crippen molar-refractivity contribution in [2.45, 2.75) is 26.2 Å². The number of hydrogen-bond donors (Lipinski definition) is 1. The standard InChI is InChI=1S/C15H16ClNO3S/c1-10-13(6-7-15(18)19)21-14(17-10)8-9-20-12-5-3-2-4-11(12)16/h2-5H,6-9H2,1H3,(H,18,19). The van der Waals surface area contributed by atoms with Crippen LogP contribution in [-0.4, -0.2) is 22.7 Å².